The lowest BCUT2D eigenvalue weighted by molar-refractivity contribution is -0.139. The van der Waals surface area contributed by atoms with E-state index in [2.05, 4.69) is 38.0 Å². The first-order valence-electron chi connectivity index (χ1n) is 18.6. The van der Waals surface area contributed by atoms with Gasteiger partial charge in [0.25, 0.3) is 0 Å². The van der Waals surface area contributed by atoms with Crippen molar-refractivity contribution in [1.29, 1.82) is 0 Å². The van der Waals surface area contributed by atoms with Crippen molar-refractivity contribution in [2.45, 2.75) is 60.7 Å². The third-order valence-electron chi connectivity index (χ3n) is 9.88. The molecule has 6 rings (SSSR count). The number of unbranched alkanes of at least 4 members (excludes halogenated alkanes) is 1. The Morgan fingerprint density at radius 3 is 2.20 bits per heavy atom. The molecular weight excluding hydrogens is 731 g/mol. The highest BCUT2D eigenvalue weighted by Gasteiger charge is 2.40. The van der Waals surface area contributed by atoms with Crippen LogP contribution in [-0.4, -0.2) is 94.2 Å². The number of amides is 2. The number of carbonyl (C=O) groups excluding carboxylic acids is 2. The molecule has 0 saturated carbocycles. The SMILES string of the molecule is CC(C)(C)N(C(=O)O)C(CSCc1ccc(C(=O)c2ccccc2)cc1)C(=O)N1CCN(CCCCN2c3ccccc3Sc3cc(N=[N+]=[N-])ccc32)CC1. The van der Waals surface area contributed by atoms with Crippen molar-refractivity contribution < 1.29 is 19.5 Å². The number of carbonyl (C=O) groups is 3. The Labute approximate surface area is 331 Å². The number of para-hydroxylation sites is 1. The average Bonchev–Trinajstić information content (AvgIpc) is 3.18. The second-order valence-corrected chi connectivity index (χ2v) is 16.8. The van der Waals surface area contributed by atoms with Crippen molar-refractivity contribution in [2.24, 2.45) is 5.11 Å². The van der Waals surface area contributed by atoms with Crippen molar-refractivity contribution in [3.63, 3.8) is 0 Å². The Balaban J connectivity index is 1.02. The summed E-state index contributed by atoms with van der Waals surface area (Å²) >= 11 is 3.22. The number of nitrogens with zero attached hydrogens (tertiary/aromatic N) is 7. The maximum atomic E-state index is 14.1. The summed E-state index contributed by atoms with van der Waals surface area (Å²) < 4.78 is 0. The molecule has 13 heteroatoms. The van der Waals surface area contributed by atoms with E-state index < -0.39 is 17.7 Å². The first kappa shape index (κ1) is 39.7. The third kappa shape index (κ3) is 9.84. The van der Waals surface area contributed by atoms with E-state index in [1.807, 2.05) is 92.4 Å². The quantitative estimate of drug-likeness (QED) is 0.0440. The van der Waals surface area contributed by atoms with Crippen LogP contribution in [0.4, 0.5) is 21.9 Å². The number of hydrogen-bond donors (Lipinski definition) is 1. The van der Waals surface area contributed by atoms with Crippen LogP contribution in [0.1, 0.15) is 55.1 Å². The monoisotopic (exact) mass is 777 g/mol. The smallest absolute Gasteiger partial charge is 0.408 e. The first-order chi connectivity index (χ1) is 26.5. The number of anilines is 2. The summed E-state index contributed by atoms with van der Waals surface area (Å²) in [6.45, 7) is 9.79. The Kier molecular flexibility index (Phi) is 13.1. The molecule has 2 heterocycles. The van der Waals surface area contributed by atoms with Crippen LogP contribution in [0.15, 0.2) is 112 Å². The lowest BCUT2D eigenvalue weighted by Crippen LogP contribution is -2.60. The molecule has 1 unspecified atom stereocenters. The minimum Gasteiger partial charge on any atom is -0.465 e. The first-order valence-corrected chi connectivity index (χ1v) is 20.5. The van der Waals surface area contributed by atoms with Gasteiger partial charge in [0, 0.05) is 81.3 Å². The molecule has 2 amide bonds. The fourth-order valence-electron chi connectivity index (χ4n) is 7.13. The molecule has 4 aromatic rings. The van der Waals surface area contributed by atoms with Crippen molar-refractivity contribution in [1.82, 2.24) is 14.7 Å². The Bertz CT molecular complexity index is 2030. The normalized spacial score (nSPS) is 14.7. The Hall–Kier alpha value is -4.94. The average molecular weight is 778 g/mol. The van der Waals surface area contributed by atoms with Crippen LogP contribution in [-0.2, 0) is 10.5 Å². The number of piperazine rings is 1. The van der Waals surface area contributed by atoms with E-state index in [1.165, 1.54) is 27.2 Å². The summed E-state index contributed by atoms with van der Waals surface area (Å²) in [6.07, 6.45) is 0.853. The molecule has 286 valence electrons. The summed E-state index contributed by atoms with van der Waals surface area (Å²) in [5, 5.41) is 14.1. The van der Waals surface area contributed by atoms with Gasteiger partial charge >= 0.3 is 6.09 Å². The van der Waals surface area contributed by atoms with E-state index in [0.717, 1.165) is 55.2 Å². The van der Waals surface area contributed by atoms with E-state index in [9.17, 15) is 19.5 Å². The van der Waals surface area contributed by atoms with Crippen LogP contribution in [0.25, 0.3) is 10.4 Å². The molecule has 2 aliphatic heterocycles. The summed E-state index contributed by atoms with van der Waals surface area (Å²) in [4.78, 5) is 52.6. The van der Waals surface area contributed by atoms with Gasteiger partial charge in [0.2, 0.25) is 5.91 Å². The van der Waals surface area contributed by atoms with Gasteiger partial charge < -0.3 is 14.9 Å². The van der Waals surface area contributed by atoms with Gasteiger partial charge in [-0.1, -0.05) is 89.7 Å². The maximum Gasteiger partial charge on any atom is 0.408 e. The van der Waals surface area contributed by atoms with Gasteiger partial charge in [-0.25, -0.2) is 4.79 Å². The number of ketones is 1. The number of hydrogen-bond acceptors (Lipinski definition) is 8. The molecule has 0 aromatic heterocycles. The van der Waals surface area contributed by atoms with Crippen LogP contribution in [0.3, 0.4) is 0 Å². The summed E-state index contributed by atoms with van der Waals surface area (Å²) in [6, 6.07) is 30.0. The minimum absolute atomic E-state index is 0.0363. The zero-order valence-electron chi connectivity index (χ0n) is 31.5. The van der Waals surface area contributed by atoms with E-state index >= 15 is 0 Å². The predicted molar refractivity (Wildman–Crippen MR) is 221 cm³/mol. The van der Waals surface area contributed by atoms with E-state index in [1.54, 1.807) is 23.9 Å². The zero-order chi connectivity index (χ0) is 39.0. The minimum atomic E-state index is -1.11. The largest absolute Gasteiger partial charge is 0.465 e. The number of rotatable bonds is 14. The molecule has 1 atom stereocenters. The molecule has 2 aliphatic rings. The van der Waals surface area contributed by atoms with Gasteiger partial charge in [0.15, 0.2) is 5.78 Å². The fraction of sp³-hybridized carbons (Fsp3) is 0.357. The van der Waals surface area contributed by atoms with Crippen LogP contribution in [0, 0.1) is 0 Å². The van der Waals surface area contributed by atoms with Crippen molar-refractivity contribution in [3.8, 4) is 0 Å². The molecule has 0 aliphatic carbocycles. The van der Waals surface area contributed by atoms with Crippen LogP contribution in [0.2, 0.25) is 0 Å². The second-order valence-electron chi connectivity index (χ2n) is 14.7. The van der Waals surface area contributed by atoms with Crippen LogP contribution in [0.5, 0.6) is 0 Å². The molecule has 1 fully saturated rings. The lowest BCUT2D eigenvalue weighted by Gasteiger charge is -2.42. The van der Waals surface area contributed by atoms with Gasteiger partial charge in [-0.3, -0.25) is 19.4 Å². The van der Waals surface area contributed by atoms with Gasteiger partial charge in [-0.2, -0.15) is 11.8 Å². The van der Waals surface area contributed by atoms with Crippen molar-refractivity contribution in [2.75, 3.05) is 49.9 Å². The predicted octanol–water partition coefficient (Wildman–Crippen LogP) is 9.47. The molecule has 0 radical (unpaired) electrons. The number of thioether (sulfide) groups is 1. The van der Waals surface area contributed by atoms with Crippen molar-refractivity contribution in [3.05, 3.63) is 124 Å². The van der Waals surface area contributed by atoms with E-state index in [-0.39, 0.29) is 11.7 Å². The Morgan fingerprint density at radius 1 is 0.855 bits per heavy atom. The summed E-state index contributed by atoms with van der Waals surface area (Å²) in [5.74, 6) is 0.712. The second kappa shape index (κ2) is 18.1. The third-order valence-corrected chi connectivity index (χ3v) is 12.1. The molecule has 4 aromatic carbocycles. The molecule has 11 nitrogen and oxygen atoms in total. The fourth-order valence-corrected chi connectivity index (χ4v) is 9.32. The highest BCUT2D eigenvalue weighted by molar-refractivity contribution is 7.99. The van der Waals surface area contributed by atoms with Gasteiger partial charge in [-0.15, -0.1) is 0 Å². The molecule has 1 saturated heterocycles. The number of azide groups is 1. The van der Waals surface area contributed by atoms with Crippen LogP contribution < -0.4 is 4.90 Å². The zero-order valence-corrected chi connectivity index (χ0v) is 33.1. The van der Waals surface area contributed by atoms with E-state index in [4.69, 9.17) is 5.53 Å². The van der Waals surface area contributed by atoms with Gasteiger partial charge in [0.05, 0.1) is 11.4 Å². The Morgan fingerprint density at radius 2 is 1.51 bits per heavy atom. The topological polar surface area (TPSA) is 133 Å². The van der Waals surface area contributed by atoms with Gasteiger partial charge in [-0.05, 0) is 75.5 Å². The molecule has 0 bridgehead atoms. The number of carboxylic acid groups (broad SMARTS) is 1. The molecular formula is C42H47N7O4S2. The highest BCUT2D eigenvalue weighted by Crippen LogP contribution is 2.49. The van der Waals surface area contributed by atoms with Gasteiger partial charge in [0.1, 0.15) is 6.04 Å². The maximum absolute atomic E-state index is 14.1. The van der Waals surface area contributed by atoms with Crippen LogP contribution >= 0.6 is 23.5 Å². The molecule has 0 spiro atoms. The highest BCUT2D eigenvalue weighted by atomic mass is 32.2. The summed E-state index contributed by atoms with van der Waals surface area (Å²) in [7, 11) is 0. The number of fused-ring (bicyclic) bond motifs is 2. The molecule has 1 N–H and O–H groups in total. The number of benzene rings is 4. The van der Waals surface area contributed by atoms with E-state index in [0.29, 0.717) is 41.4 Å². The molecule has 55 heavy (non-hydrogen) atoms. The summed E-state index contributed by atoms with van der Waals surface area (Å²) in [5.41, 5.74) is 13.3. The van der Waals surface area contributed by atoms with Crippen molar-refractivity contribution >= 4 is 58.4 Å². The lowest BCUT2D eigenvalue weighted by atomic mass is 10.0. The standard InChI is InChI=1S/C42H47N7O4S2/c1-42(2,3)49(41(52)53)36(29-54-28-30-15-17-32(18-16-30)39(50)31-11-5-4-6-12-31)40(51)47-25-23-46(24-26-47)21-9-10-22-48-34-13-7-8-14-37(34)55-38-27-33(44-45-43)19-20-35(38)48/h4-8,11-20,27,36H,9-10,21-26,28-29H2,1-3H3,(H,52,53).